The molecular weight excluding hydrogens is 309 g/mol. The highest BCUT2D eigenvalue weighted by Crippen LogP contribution is 2.35. The van der Waals surface area contributed by atoms with Crippen molar-refractivity contribution < 1.29 is 9.18 Å². The van der Waals surface area contributed by atoms with Crippen LogP contribution in [-0.2, 0) is 6.54 Å². The number of hydrogen-bond acceptors (Lipinski definition) is 2. The van der Waals surface area contributed by atoms with Gasteiger partial charge in [0.05, 0.1) is 0 Å². The molecule has 2 aliphatic rings. The molecule has 2 bridgehead atoms. The predicted molar refractivity (Wildman–Crippen MR) is 88.5 cm³/mol. The van der Waals surface area contributed by atoms with Gasteiger partial charge >= 0.3 is 6.03 Å². The molecule has 0 spiro atoms. The summed E-state index contributed by atoms with van der Waals surface area (Å²) in [6.07, 6.45) is 1.00. The minimum atomic E-state index is -0.331. The summed E-state index contributed by atoms with van der Waals surface area (Å²) in [5.41, 5.74) is 1.62. The smallest absolute Gasteiger partial charge is 0.321 e. The van der Waals surface area contributed by atoms with Gasteiger partial charge in [-0.15, -0.1) is 0 Å². The van der Waals surface area contributed by atoms with E-state index in [0.717, 1.165) is 12.1 Å². The van der Waals surface area contributed by atoms with Crippen LogP contribution in [0.25, 0.3) is 0 Å². The number of halogens is 1. The number of nitrogens with zero attached hydrogens (tertiary/aromatic N) is 2. The lowest BCUT2D eigenvalue weighted by molar-refractivity contribution is 0.139. The van der Waals surface area contributed by atoms with Crippen LogP contribution in [0.3, 0.4) is 0 Å². The first kappa shape index (κ1) is 14.9. The van der Waals surface area contributed by atoms with Gasteiger partial charge in [0.15, 0.2) is 0 Å². The van der Waals surface area contributed by atoms with Crippen LogP contribution in [0.2, 0.25) is 0 Å². The summed E-state index contributed by atoms with van der Waals surface area (Å²) in [7, 11) is 0. The maximum atomic E-state index is 13.0. The third-order valence-electron chi connectivity index (χ3n) is 4.86. The van der Waals surface area contributed by atoms with Crippen molar-refractivity contribution in [1.82, 2.24) is 9.47 Å². The van der Waals surface area contributed by atoms with Gasteiger partial charge in [0.1, 0.15) is 5.82 Å². The van der Waals surface area contributed by atoms with Gasteiger partial charge in [0.2, 0.25) is 0 Å². The molecule has 1 saturated heterocycles. The Morgan fingerprint density at radius 2 is 1.88 bits per heavy atom. The summed E-state index contributed by atoms with van der Waals surface area (Å²) in [4.78, 5) is 26.3. The lowest BCUT2D eigenvalue weighted by atomic mass is 9.83. The van der Waals surface area contributed by atoms with Gasteiger partial charge in [-0.1, -0.05) is 6.07 Å². The number of pyridine rings is 1. The largest absolute Gasteiger partial charge is 0.324 e. The summed E-state index contributed by atoms with van der Waals surface area (Å²) in [5.74, 6) is 0.142. The minimum Gasteiger partial charge on any atom is -0.324 e. The molecule has 2 aliphatic heterocycles. The normalized spacial score (nSPS) is 22.0. The zero-order valence-corrected chi connectivity index (χ0v) is 13.1. The highest BCUT2D eigenvalue weighted by atomic mass is 19.1. The summed E-state index contributed by atoms with van der Waals surface area (Å²) < 4.78 is 14.8. The van der Waals surface area contributed by atoms with Gasteiger partial charge in [0.25, 0.3) is 5.56 Å². The minimum absolute atomic E-state index is 0.0337. The second-order valence-corrected chi connectivity index (χ2v) is 6.54. The van der Waals surface area contributed by atoms with Crippen LogP contribution in [-0.4, -0.2) is 28.6 Å². The Hall–Kier alpha value is -2.63. The van der Waals surface area contributed by atoms with E-state index in [1.54, 1.807) is 29.2 Å². The van der Waals surface area contributed by atoms with Crippen LogP contribution in [0.15, 0.2) is 47.3 Å². The summed E-state index contributed by atoms with van der Waals surface area (Å²) >= 11 is 0. The fraction of sp³-hybridized carbons (Fsp3) is 0.333. The number of piperidine rings is 1. The van der Waals surface area contributed by atoms with E-state index in [9.17, 15) is 14.0 Å². The van der Waals surface area contributed by atoms with Crippen molar-refractivity contribution in [2.24, 2.45) is 5.92 Å². The van der Waals surface area contributed by atoms with Gasteiger partial charge in [0, 0.05) is 43.0 Å². The fourth-order valence-electron chi connectivity index (χ4n) is 3.80. The number of nitrogens with one attached hydrogen (secondary N) is 1. The van der Waals surface area contributed by atoms with Crippen LogP contribution >= 0.6 is 0 Å². The number of aromatic nitrogens is 1. The zero-order chi connectivity index (χ0) is 16.7. The van der Waals surface area contributed by atoms with E-state index >= 15 is 0 Å². The highest BCUT2D eigenvalue weighted by Gasteiger charge is 2.36. The van der Waals surface area contributed by atoms with Gasteiger partial charge in [-0.2, -0.15) is 0 Å². The number of carbonyl (C=O) groups excluding carboxylic acids is 1. The third-order valence-corrected chi connectivity index (χ3v) is 4.86. The number of anilines is 1. The number of rotatable bonds is 1. The molecule has 6 heteroatoms. The van der Waals surface area contributed by atoms with Gasteiger partial charge in [-0.05, 0) is 42.7 Å². The van der Waals surface area contributed by atoms with Crippen molar-refractivity contribution in [3.05, 3.63) is 64.3 Å². The van der Waals surface area contributed by atoms with Gasteiger partial charge < -0.3 is 14.8 Å². The molecule has 4 rings (SSSR count). The topological polar surface area (TPSA) is 54.3 Å². The maximum absolute atomic E-state index is 13.0. The molecule has 5 nitrogen and oxygen atoms in total. The molecule has 1 fully saturated rings. The first-order valence-corrected chi connectivity index (χ1v) is 8.11. The monoisotopic (exact) mass is 327 g/mol. The molecule has 2 amide bonds. The second-order valence-electron chi connectivity index (χ2n) is 6.54. The molecule has 1 aromatic heterocycles. The molecule has 0 saturated carbocycles. The van der Waals surface area contributed by atoms with Crippen LogP contribution in [0.5, 0.6) is 0 Å². The standard InChI is InChI=1S/C18H18FN3O2/c19-14-4-6-15(7-5-14)20-18(24)21-9-12-8-13(11-21)16-2-1-3-17(23)22(16)10-12/h1-7,12-13H,8-11H2,(H,20,24)/t12-,13-/m0/s1. The van der Waals surface area contributed by atoms with Crippen molar-refractivity contribution in [1.29, 1.82) is 0 Å². The number of urea groups is 1. The van der Waals surface area contributed by atoms with E-state index in [0.29, 0.717) is 25.3 Å². The number of likely N-dealkylation sites (tertiary alicyclic amines) is 1. The molecule has 3 heterocycles. The first-order chi connectivity index (χ1) is 11.6. The van der Waals surface area contributed by atoms with Crippen molar-refractivity contribution in [2.45, 2.75) is 18.9 Å². The van der Waals surface area contributed by atoms with Crippen LogP contribution < -0.4 is 10.9 Å². The van der Waals surface area contributed by atoms with Crippen LogP contribution in [0.1, 0.15) is 18.0 Å². The Morgan fingerprint density at radius 1 is 1.08 bits per heavy atom. The lowest BCUT2D eigenvalue weighted by Crippen LogP contribution is -2.50. The molecule has 24 heavy (non-hydrogen) atoms. The number of carbonyl (C=O) groups is 1. The first-order valence-electron chi connectivity index (χ1n) is 8.11. The fourth-order valence-corrected chi connectivity index (χ4v) is 3.80. The van der Waals surface area contributed by atoms with Crippen LogP contribution in [0.4, 0.5) is 14.9 Å². The summed E-state index contributed by atoms with van der Waals surface area (Å²) in [5, 5.41) is 2.82. The predicted octanol–water partition coefficient (Wildman–Crippen LogP) is 2.64. The Morgan fingerprint density at radius 3 is 2.67 bits per heavy atom. The quantitative estimate of drug-likeness (QED) is 0.875. The average Bonchev–Trinajstić information content (AvgIpc) is 2.58. The van der Waals surface area contributed by atoms with E-state index in [2.05, 4.69) is 5.32 Å². The van der Waals surface area contributed by atoms with Gasteiger partial charge in [-0.3, -0.25) is 4.79 Å². The number of fused-ring (bicyclic) bond motifs is 4. The SMILES string of the molecule is O=C(Nc1ccc(F)cc1)N1C[C@@H]2C[C@@H](C1)c1cccc(=O)n1C2. The Bertz CT molecular complexity index is 831. The van der Waals surface area contributed by atoms with Crippen molar-refractivity contribution in [2.75, 3.05) is 18.4 Å². The highest BCUT2D eigenvalue weighted by molar-refractivity contribution is 5.89. The van der Waals surface area contributed by atoms with Crippen LogP contribution in [0, 0.1) is 11.7 Å². The molecular formula is C18H18FN3O2. The number of benzene rings is 1. The third kappa shape index (κ3) is 2.68. The number of amides is 2. The second kappa shape index (κ2) is 5.78. The molecule has 0 radical (unpaired) electrons. The molecule has 2 aromatic rings. The van der Waals surface area contributed by atoms with Gasteiger partial charge in [-0.25, -0.2) is 9.18 Å². The molecule has 1 aromatic carbocycles. The zero-order valence-electron chi connectivity index (χ0n) is 13.1. The van der Waals surface area contributed by atoms with Crippen molar-refractivity contribution in [3.63, 3.8) is 0 Å². The number of hydrogen-bond donors (Lipinski definition) is 1. The maximum Gasteiger partial charge on any atom is 0.321 e. The Kier molecular flexibility index (Phi) is 3.59. The molecule has 124 valence electrons. The lowest BCUT2D eigenvalue weighted by Gasteiger charge is -2.42. The van der Waals surface area contributed by atoms with Crippen molar-refractivity contribution in [3.8, 4) is 0 Å². The molecule has 1 N–H and O–H groups in total. The Labute approximate surface area is 138 Å². The molecule has 2 atom stereocenters. The van der Waals surface area contributed by atoms with Crippen molar-refractivity contribution >= 4 is 11.7 Å². The molecule has 0 unspecified atom stereocenters. The summed E-state index contributed by atoms with van der Waals surface area (Å²) in [6.45, 7) is 1.88. The summed E-state index contributed by atoms with van der Waals surface area (Å²) in [6, 6.07) is 10.9. The van der Waals surface area contributed by atoms with E-state index in [-0.39, 0.29) is 29.2 Å². The molecule has 0 aliphatic carbocycles. The van der Waals surface area contributed by atoms with E-state index in [1.165, 1.54) is 12.1 Å². The van der Waals surface area contributed by atoms with E-state index in [4.69, 9.17) is 0 Å². The average molecular weight is 327 g/mol. The Balaban J connectivity index is 1.52. The van der Waals surface area contributed by atoms with E-state index in [1.807, 2.05) is 10.6 Å². The van der Waals surface area contributed by atoms with E-state index < -0.39 is 0 Å².